The number of amides is 1. The minimum atomic E-state index is 0. The summed E-state index contributed by atoms with van der Waals surface area (Å²) in [6.07, 6.45) is 2.40. The third-order valence-corrected chi connectivity index (χ3v) is 7.21. The SMILES string of the molecule is CN(C)c1ccc2cc(C(=O)NC3C4CCN(CC4)C3(C)C)sc2c1.Cl. The highest BCUT2D eigenvalue weighted by Crippen LogP contribution is 2.39. The van der Waals surface area contributed by atoms with Gasteiger partial charge in [-0.2, -0.15) is 0 Å². The Morgan fingerprint density at radius 2 is 1.92 bits per heavy atom. The van der Waals surface area contributed by atoms with Crippen LogP contribution in [0.5, 0.6) is 0 Å². The lowest BCUT2D eigenvalue weighted by atomic mass is 9.72. The summed E-state index contributed by atoms with van der Waals surface area (Å²) in [5, 5.41) is 4.52. The highest BCUT2D eigenvalue weighted by Gasteiger charge is 2.48. The van der Waals surface area contributed by atoms with Gasteiger partial charge in [0.05, 0.1) is 4.88 Å². The third-order valence-electron chi connectivity index (χ3n) is 6.12. The number of hydrogen-bond donors (Lipinski definition) is 1. The van der Waals surface area contributed by atoms with Crippen LogP contribution in [-0.4, -0.2) is 49.6 Å². The van der Waals surface area contributed by atoms with Crippen LogP contribution in [0.15, 0.2) is 24.3 Å². The molecule has 0 saturated carbocycles. The molecule has 3 aliphatic rings. The summed E-state index contributed by atoms with van der Waals surface area (Å²) in [4.78, 5) is 18.4. The Labute approximate surface area is 166 Å². The number of carbonyl (C=O) groups excluding carboxylic acids is 1. The molecule has 1 atom stereocenters. The Balaban J connectivity index is 0.00000196. The summed E-state index contributed by atoms with van der Waals surface area (Å²) < 4.78 is 1.17. The number of benzene rings is 1. The van der Waals surface area contributed by atoms with E-state index >= 15 is 0 Å². The van der Waals surface area contributed by atoms with E-state index in [1.165, 1.54) is 36.3 Å². The molecule has 3 saturated heterocycles. The lowest BCUT2D eigenvalue weighted by Crippen LogP contribution is -2.69. The molecular weight excluding hydrogens is 366 g/mol. The van der Waals surface area contributed by atoms with Crippen molar-refractivity contribution in [2.75, 3.05) is 32.1 Å². The fourth-order valence-corrected chi connectivity index (χ4v) is 5.50. The maximum Gasteiger partial charge on any atom is 0.261 e. The predicted octanol–water partition coefficient (Wildman–Crippen LogP) is 3.99. The Morgan fingerprint density at radius 3 is 2.54 bits per heavy atom. The molecule has 1 aromatic heterocycles. The molecule has 0 aliphatic carbocycles. The molecule has 0 radical (unpaired) electrons. The lowest BCUT2D eigenvalue weighted by molar-refractivity contribution is -0.0377. The Kier molecular flexibility index (Phi) is 5.26. The summed E-state index contributed by atoms with van der Waals surface area (Å²) in [5.74, 6) is 0.693. The zero-order valence-electron chi connectivity index (χ0n) is 15.9. The fourth-order valence-electron chi connectivity index (χ4n) is 4.50. The van der Waals surface area contributed by atoms with Crippen molar-refractivity contribution < 1.29 is 4.79 Å². The largest absolute Gasteiger partial charge is 0.378 e. The van der Waals surface area contributed by atoms with E-state index in [-0.39, 0.29) is 29.9 Å². The van der Waals surface area contributed by atoms with E-state index in [1.54, 1.807) is 11.3 Å². The van der Waals surface area contributed by atoms with E-state index in [4.69, 9.17) is 0 Å². The topological polar surface area (TPSA) is 35.6 Å². The maximum atomic E-state index is 12.9. The van der Waals surface area contributed by atoms with E-state index in [0.717, 1.165) is 10.3 Å². The predicted molar refractivity (Wildman–Crippen MR) is 113 cm³/mol. The van der Waals surface area contributed by atoms with Crippen molar-refractivity contribution in [1.82, 2.24) is 10.2 Å². The zero-order chi connectivity index (χ0) is 17.8. The molecule has 142 valence electrons. The molecule has 6 heteroatoms. The molecule has 5 rings (SSSR count). The van der Waals surface area contributed by atoms with Crippen molar-refractivity contribution >= 4 is 45.4 Å². The summed E-state index contributed by atoms with van der Waals surface area (Å²) in [7, 11) is 4.08. The molecule has 4 nitrogen and oxygen atoms in total. The number of halogens is 1. The van der Waals surface area contributed by atoms with Crippen molar-refractivity contribution in [1.29, 1.82) is 0 Å². The standard InChI is InChI=1S/C20H27N3OS.ClH/c1-20(2)18(13-7-9-23(20)10-8-13)21-19(24)17-11-14-5-6-15(22(3)4)12-16(14)25-17;/h5-6,11-13,18H,7-10H2,1-4H3,(H,21,24);1H. The second-order valence-corrected chi connectivity index (χ2v) is 9.24. The Morgan fingerprint density at radius 1 is 1.23 bits per heavy atom. The first-order chi connectivity index (χ1) is 11.9. The smallest absolute Gasteiger partial charge is 0.261 e. The second kappa shape index (κ2) is 7.02. The van der Waals surface area contributed by atoms with Gasteiger partial charge in [-0.3, -0.25) is 9.69 Å². The van der Waals surface area contributed by atoms with E-state index < -0.39 is 0 Å². The number of carbonyl (C=O) groups is 1. The van der Waals surface area contributed by atoms with Crippen LogP contribution in [0.1, 0.15) is 36.4 Å². The van der Waals surface area contributed by atoms with Crippen LogP contribution in [0.25, 0.3) is 10.1 Å². The van der Waals surface area contributed by atoms with E-state index in [1.807, 2.05) is 20.2 Å². The van der Waals surface area contributed by atoms with Crippen molar-refractivity contribution in [3.8, 4) is 0 Å². The molecule has 1 aromatic carbocycles. The molecule has 1 unspecified atom stereocenters. The van der Waals surface area contributed by atoms with E-state index in [2.05, 4.69) is 47.2 Å². The molecule has 1 amide bonds. The van der Waals surface area contributed by atoms with Gasteiger partial charge in [-0.05, 0) is 69.3 Å². The highest BCUT2D eigenvalue weighted by atomic mass is 35.5. The van der Waals surface area contributed by atoms with Gasteiger partial charge in [0.25, 0.3) is 5.91 Å². The third kappa shape index (κ3) is 3.21. The summed E-state index contributed by atoms with van der Waals surface area (Å²) >= 11 is 1.59. The number of nitrogens with one attached hydrogen (secondary N) is 1. The molecule has 26 heavy (non-hydrogen) atoms. The van der Waals surface area contributed by atoms with Crippen molar-refractivity contribution in [2.24, 2.45) is 5.92 Å². The van der Waals surface area contributed by atoms with E-state index in [9.17, 15) is 4.79 Å². The molecule has 3 aliphatic heterocycles. The number of thiophene rings is 1. The maximum absolute atomic E-state index is 12.9. The van der Waals surface area contributed by atoms with Crippen molar-refractivity contribution in [2.45, 2.75) is 38.3 Å². The van der Waals surface area contributed by atoms with Crippen LogP contribution in [0.4, 0.5) is 5.69 Å². The van der Waals surface area contributed by atoms with Gasteiger partial charge in [-0.1, -0.05) is 6.07 Å². The van der Waals surface area contributed by atoms with Crippen LogP contribution in [0, 0.1) is 5.92 Å². The number of nitrogens with zero attached hydrogens (tertiary/aromatic N) is 2. The number of anilines is 1. The molecular formula is C20H28ClN3OS. The van der Waals surface area contributed by atoms with Gasteiger partial charge in [-0.15, -0.1) is 23.7 Å². The highest BCUT2D eigenvalue weighted by molar-refractivity contribution is 7.20. The zero-order valence-corrected chi connectivity index (χ0v) is 17.5. The average Bonchev–Trinajstić information content (AvgIpc) is 3.01. The van der Waals surface area contributed by atoms with Gasteiger partial charge in [0.15, 0.2) is 0 Å². The molecule has 4 heterocycles. The first kappa shape index (κ1) is 19.5. The summed E-state index contributed by atoms with van der Waals surface area (Å²) in [6.45, 7) is 6.88. The Hall–Kier alpha value is -1.30. The average molecular weight is 394 g/mol. The molecule has 2 aromatic rings. The number of rotatable bonds is 3. The van der Waals surface area contributed by atoms with Crippen molar-refractivity contribution in [3.05, 3.63) is 29.1 Å². The number of piperidine rings is 3. The van der Waals surface area contributed by atoms with Crippen LogP contribution >= 0.6 is 23.7 Å². The minimum Gasteiger partial charge on any atom is -0.378 e. The van der Waals surface area contributed by atoms with Gasteiger partial charge < -0.3 is 10.2 Å². The normalized spacial score (nSPS) is 26.4. The van der Waals surface area contributed by atoms with Crippen LogP contribution in [-0.2, 0) is 0 Å². The van der Waals surface area contributed by atoms with E-state index in [0.29, 0.717) is 5.92 Å². The molecule has 2 bridgehead atoms. The molecule has 1 N–H and O–H groups in total. The Bertz CT molecular complexity index is 808. The summed E-state index contributed by atoms with van der Waals surface area (Å²) in [6, 6.07) is 8.65. The second-order valence-electron chi connectivity index (χ2n) is 8.16. The van der Waals surface area contributed by atoms with Crippen molar-refractivity contribution in [3.63, 3.8) is 0 Å². The van der Waals surface area contributed by atoms with Gasteiger partial charge in [0.1, 0.15) is 0 Å². The lowest BCUT2D eigenvalue weighted by Gasteiger charge is -2.56. The number of fused-ring (bicyclic) bond motifs is 4. The van der Waals surface area contributed by atoms with Gasteiger partial charge >= 0.3 is 0 Å². The van der Waals surface area contributed by atoms with Gasteiger partial charge in [0.2, 0.25) is 0 Å². The fraction of sp³-hybridized carbons (Fsp3) is 0.550. The monoisotopic (exact) mass is 393 g/mol. The molecule has 0 spiro atoms. The quantitative estimate of drug-likeness (QED) is 0.856. The number of hydrogen-bond acceptors (Lipinski definition) is 4. The first-order valence-corrected chi connectivity index (χ1v) is 9.95. The van der Waals surface area contributed by atoms with Gasteiger partial charge in [0, 0.05) is 36.1 Å². The van der Waals surface area contributed by atoms with Gasteiger partial charge in [-0.25, -0.2) is 0 Å². The van der Waals surface area contributed by atoms with Crippen LogP contribution in [0.3, 0.4) is 0 Å². The first-order valence-electron chi connectivity index (χ1n) is 9.13. The van der Waals surface area contributed by atoms with Crippen LogP contribution in [0.2, 0.25) is 0 Å². The minimum absolute atomic E-state index is 0. The summed E-state index contributed by atoms with van der Waals surface area (Å²) in [5.41, 5.74) is 1.21. The molecule has 3 fully saturated rings. The van der Waals surface area contributed by atoms with Crippen LogP contribution < -0.4 is 10.2 Å².